The summed E-state index contributed by atoms with van der Waals surface area (Å²) in [5, 5.41) is 7.56. The van der Waals surface area contributed by atoms with Gasteiger partial charge >= 0.3 is 11.9 Å². The fraction of sp³-hybridized carbons (Fsp3) is 0.368. The van der Waals surface area contributed by atoms with E-state index < -0.39 is 11.9 Å². The lowest BCUT2D eigenvalue weighted by Crippen LogP contribution is -2.14. The van der Waals surface area contributed by atoms with Crippen molar-refractivity contribution < 1.29 is 23.8 Å². The van der Waals surface area contributed by atoms with E-state index >= 15 is 0 Å². The molecule has 1 aromatic carbocycles. The van der Waals surface area contributed by atoms with Gasteiger partial charge in [0.25, 0.3) is 0 Å². The third-order valence-corrected chi connectivity index (χ3v) is 3.73. The molecule has 0 bridgehead atoms. The first-order valence-electron chi connectivity index (χ1n) is 8.34. The Morgan fingerprint density at radius 3 is 2.31 bits per heavy atom. The van der Waals surface area contributed by atoms with E-state index in [1.807, 2.05) is 24.3 Å². The van der Waals surface area contributed by atoms with Crippen LogP contribution < -0.4 is 4.74 Å². The summed E-state index contributed by atoms with van der Waals surface area (Å²) in [6, 6.07) is 9.05. The highest BCUT2D eigenvalue weighted by atomic mass is 16.5. The fourth-order valence-corrected chi connectivity index (χ4v) is 2.30. The van der Waals surface area contributed by atoms with Crippen LogP contribution in [0.1, 0.15) is 51.9 Å². The Morgan fingerprint density at radius 2 is 1.69 bits per heavy atom. The lowest BCUT2D eigenvalue weighted by atomic mass is 10.0. The third kappa shape index (κ3) is 5.02. The maximum atomic E-state index is 11.9. The molecule has 0 atom stereocenters. The highest BCUT2D eigenvalue weighted by Crippen LogP contribution is 2.18. The lowest BCUT2D eigenvalue weighted by Gasteiger charge is -2.09. The Labute approximate surface area is 152 Å². The summed E-state index contributed by atoms with van der Waals surface area (Å²) in [6.07, 6.45) is 2.47. The lowest BCUT2D eigenvalue weighted by molar-refractivity contribution is 0.0572. The SMILES string of the molecule is CCCCOc1ccc(Cc2cc(C(=O)OC)nnc2C(=O)OC)cc1. The molecule has 0 fully saturated rings. The second-order valence-electron chi connectivity index (χ2n) is 5.61. The Kier molecular flexibility index (Phi) is 7.08. The van der Waals surface area contributed by atoms with E-state index in [0.717, 1.165) is 24.2 Å². The highest BCUT2D eigenvalue weighted by molar-refractivity contribution is 5.91. The molecule has 138 valence electrons. The van der Waals surface area contributed by atoms with Gasteiger partial charge in [-0.25, -0.2) is 9.59 Å². The van der Waals surface area contributed by atoms with Gasteiger partial charge in [0.05, 0.1) is 20.8 Å². The Bertz CT molecular complexity index is 759. The minimum atomic E-state index is -0.616. The number of aromatic nitrogens is 2. The maximum Gasteiger partial charge on any atom is 0.358 e. The molecular formula is C19H22N2O5. The topological polar surface area (TPSA) is 87.6 Å². The van der Waals surface area contributed by atoms with Gasteiger partial charge in [-0.15, -0.1) is 10.2 Å². The molecule has 0 spiro atoms. The minimum absolute atomic E-state index is 0.0367. The van der Waals surface area contributed by atoms with Crippen LogP contribution in [0.4, 0.5) is 0 Å². The van der Waals surface area contributed by atoms with Crippen LogP contribution in [0.25, 0.3) is 0 Å². The Balaban J connectivity index is 2.23. The van der Waals surface area contributed by atoms with Gasteiger partial charge in [-0.1, -0.05) is 25.5 Å². The van der Waals surface area contributed by atoms with Gasteiger partial charge in [-0.05, 0) is 42.2 Å². The number of nitrogens with zero attached hydrogens (tertiary/aromatic N) is 2. The summed E-state index contributed by atoms with van der Waals surface area (Å²) < 4.78 is 15.0. The number of ether oxygens (including phenoxy) is 3. The normalized spacial score (nSPS) is 10.3. The van der Waals surface area contributed by atoms with Crippen LogP contribution in [-0.2, 0) is 15.9 Å². The van der Waals surface area contributed by atoms with E-state index in [1.54, 1.807) is 0 Å². The van der Waals surface area contributed by atoms with Gasteiger partial charge in [0, 0.05) is 0 Å². The van der Waals surface area contributed by atoms with E-state index in [2.05, 4.69) is 21.9 Å². The average Bonchev–Trinajstić information content (AvgIpc) is 2.68. The van der Waals surface area contributed by atoms with Crippen LogP contribution in [0.15, 0.2) is 30.3 Å². The molecule has 2 rings (SSSR count). The van der Waals surface area contributed by atoms with E-state index in [0.29, 0.717) is 18.6 Å². The van der Waals surface area contributed by atoms with Crippen molar-refractivity contribution in [2.24, 2.45) is 0 Å². The molecule has 0 aliphatic carbocycles. The molecule has 0 unspecified atom stereocenters. The van der Waals surface area contributed by atoms with Crippen LogP contribution in [-0.4, -0.2) is 43.0 Å². The van der Waals surface area contributed by atoms with Gasteiger partial charge in [0.1, 0.15) is 5.75 Å². The summed E-state index contributed by atoms with van der Waals surface area (Å²) >= 11 is 0. The number of hydrogen-bond donors (Lipinski definition) is 0. The van der Waals surface area contributed by atoms with Crippen LogP contribution in [0.3, 0.4) is 0 Å². The first kappa shape index (κ1) is 19.4. The number of methoxy groups -OCH3 is 2. The third-order valence-electron chi connectivity index (χ3n) is 3.73. The van der Waals surface area contributed by atoms with Gasteiger partial charge in [-0.2, -0.15) is 0 Å². The number of benzene rings is 1. The fourth-order valence-electron chi connectivity index (χ4n) is 2.30. The number of unbranched alkanes of at least 4 members (excludes halogenated alkanes) is 1. The molecule has 0 aliphatic heterocycles. The van der Waals surface area contributed by atoms with Crippen molar-refractivity contribution in [1.82, 2.24) is 10.2 Å². The van der Waals surface area contributed by atoms with E-state index in [4.69, 9.17) is 9.47 Å². The van der Waals surface area contributed by atoms with Crippen molar-refractivity contribution in [3.8, 4) is 5.75 Å². The zero-order valence-corrected chi connectivity index (χ0v) is 15.2. The van der Waals surface area contributed by atoms with Crippen LogP contribution in [0.2, 0.25) is 0 Å². The van der Waals surface area contributed by atoms with E-state index in [1.165, 1.54) is 20.3 Å². The molecule has 0 saturated carbocycles. The van der Waals surface area contributed by atoms with Gasteiger partial charge in [-0.3, -0.25) is 0 Å². The van der Waals surface area contributed by atoms with Crippen molar-refractivity contribution in [3.63, 3.8) is 0 Å². The maximum absolute atomic E-state index is 11.9. The predicted molar refractivity (Wildman–Crippen MR) is 94.4 cm³/mol. The standard InChI is InChI=1S/C19H22N2O5/c1-4-5-10-26-15-8-6-13(7-9-15)11-14-12-16(18(22)24-2)20-21-17(14)19(23)25-3/h6-9,12H,4-5,10-11H2,1-3H3. The summed E-state index contributed by atoms with van der Waals surface area (Å²) in [7, 11) is 2.53. The molecule has 0 saturated heterocycles. The zero-order chi connectivity index (χ0) is 18.9. The molecule has 26 heavy (non-hydrogen) atoms. The van der Waals surface area contributed by atoms with Gasteiger partial charge < -0.3 is 14.2 Å². The number of rotatable bonds is 8. The summed E-state index contributed by atoms with van der Waals surface area (Å²) in [6.45, 7) is 2.79. The largest absolute Gasteiger partial charge is 0.494 e. The number of hydrogen-bond acceptors (Lipinski definition) is 7. The predicted octanol–water partition coefficient (Wildman–Crippen LogP) is 2.82. The van der Waals surface area contributed by atoms with Gasteiger partial charge in [0.15, 0.2) is 11.4 Å². The quantitative estimate of drug-likeness (QED) is 0.529. The van der Waals surface area contributed by atoms with E-state index in [9.17, 15) is 9.59 Å². The van der Waals surface area contributed by atoms with Crippen molar-refractivity contribution in [2.45, 2.75) is 26.2 Å². The van der Waals surface area contributed by atoms with Gasteiger partial charge in [0.2, 0.25) is 0 Å². The van der Waals surface area contributed by atoms with Crippen molar-refractivity contribution in [1.29, 1.82) is 0 Å². The molecule has 7 nitrogen and oxygen atoms in total. The Hall–Kier alpha value is -2.96. The molecule has 0 N–H and O–H groups in total. The average molecular weight is 358 g/mol. The monoisotopic (exact) mass is 358 g/mol. The zero-order valence-electron chi connectivity index (χ0n) is 15.2. The number of carbonyl (C=O) groups is 2. The molecule has 1 heterocycles. The van der Waals surface area contributed by atoms with E-state index in [-0.39, 0.29) is 11.4 Å². The van der Waals surface area contributed by atoms with Crippen molar-refractivity contribution in [3.05, 3.63) is 52.8 Å². The summed E-state index contributed by atoms with van der Waals surface area (Å²) in [5.41, 5.74) is 1.58. The second kappa shape index (κ2) is 9.50. The molecule has 0 amide bonds. The molecule has 0 aliphatic rings. The van der Waals surface area contributed by atoms with Crippen LogP contribution >= 0.6 is 0 Å². The molecular weight excluding hydrogens is 336 g/mol. The summed E-state index contributed by atoms with van der Waals surface area (Å²) in [4.78, 5) is 23.6. The first-order chi connectivity index (χ1) is 12.6. The van der Waals surface area contributed by atoms with Crippen LogP contribution in [0, 0.1) is 0 Å². The molecule has 0 radical (unpaired) electrons. The smallest absolute Gasteiger partial charge is 0.358 e. The number of carbonyl (C=O) groups excluding carboxylic acids is 2. The van der Waals surface area contributed by atoms with Crippen molar-refractivity contribution in [2.75, 3.05) is 20.8 Å². The van der Waals surface area contributed by atoms with Crippen LogP contribution in [0.5, 0.6) is 5.75 Å². The minimum Gasteiger partial charge on any atom is -0.494 e. The molecule has 2 aromatic rings. The molecule has 7 heteroatoms. The second-order valence-corrected chi connectivity index (χ2v) is 5.61. The Morgan fingerprint density at radius 1 is 1.00 bits per heavy atom. The molecule has 1 aromatic heterocycles. The van der Waals surface area contributed by atoms with Crippen molar-refractivity contribution >= 4 is 11.9 Å². The number of esters is 2. The first-order valence-corrected chi connectivity index (χ1v) is 8.34. The summed E-state index contributed by atoms with van der Waals surface area (Å²) in [5.74, 6) is -0.434. The highest BCUT2D eigenvalue weighted by Gasteiger charge is 2.19.